The van der Waals surface area contributed by atoms with Gasteiger partial charge >= 0.3 is 0 Å². The first kappa shape index (κ1) is 15.4. The van der Waals surface area contributed by atoms with Crippen LogP contribution in [0, 0.1) is 5.95 Å². The lowest BCUT2D eigenvalue weighted by atomic mass is 10.2. The molecule has 0 fully saturated rings. The van der Waals surface area contributed by atoms with Gasteiger partial charge in [0.15, 0.2) is 0 Å². The maximum atomic E-state index is 12.8. The lowest BCUT2D eigenvalue weighted by molar-refractivity contribution is 0.102. The van der Waals surface area contributed by atoms with E-state index >= 15 is 0 Å². The summed E-state index contributed by atoms with van der Waals surface area (Å²) >= 11 is 1.63. The number of aromatic nitrogens is 2. The molecule has 4 rings (SSSR count). The minimum Gasteiger partial charge on any atom is -0.322 e. The summed E-state index contributed by atoms with van der Waals surface area (Å²) in [6.07, 6.45) is 1.21. The Hall–Kier alpha value is -3.12. The smallest absolute Gasteiger partial charge is 0.257 e. The molecular weight excluding hydrogens is 337 g/mol. The molecule has 1 N–H and O–H groups in total. The summed E-state index contributed by atoms with van der Waals surface area (Å²) in [4.78, 5) is 20.2. The molecule has 122 valence electrons. The van der Waals surface area contributed by atoms with E-state index in [9.17, 15) is 9.18 Å². The molecule has 0 saturated carbocycles. The Morgan fingerprint density at radius 1 is 1.00 bits per heavy atom. The van der Waals surface area contributed by atoms with Crippen LogP contribution >= 0.6 is 11.3 Å². The summed E-state index contributed by atoms with van der Waals surface area (Å²) in [5.74, 6) is -0.947. The summed E-state index contributed by atoms with van der Waals surface area (Å²) in [5.41, 5.74) is 2.92. The van der Waals surface area contributed by atoms with Gasteiger partial charge in [-0.05, 0) is 48.5 Å². The molecule has 0 atom stereocenters. The molecule has 0 aliphatic carbocycles. The second-order valence-electron chi connectivity index (χ2n) is 5.39. The third-order valence-corrected chi connectivity index (χ3v) is 4.76. The normalized spacial score (nSPS) is 10.8. The van der Waals surface area contributed by atoms with E-state index in [0.717, 1.165) is 26.9 Å². The molecule has 0 unspecified atom stereocenters. The summed E-state index contributed by atoms with van der Waals surface area (Å²) in [7, 11) is 0. The number of benzene rings is 2. The summed E-state index contributed by atoms with van der Waals surface area (Å²) in [6.45, 7) is 0. The third-order valence-electron chi connectivity index (χ3n) is 3.67. The number of pyridine rings is 1. The highest BCUT2D eigenvalue weighted by Gasteiger charge is 2.09. The van der Waals surface area contributed by atoms with Gasteiger partial charge in [0.2, 0.25) is 5.95 Å². The van der Waals surface area contributed by atoms with Gasteiger partial charge in [0.25, 0.3) is 5.91 Å². The average molecular weight is 349 g/mol. The fourth-order valence-electron chi connectivity index (χ4n) is 2.41. The molecule has 2 aromatic carbocycles. The molecule has 0 aliphatic heterocycles. The van der Waals surface area contributed by atoms with Crippen LogP contribution in [-0.2, 0) is 0 Å². The highest BCUT2D eigenvalue weighted by molar-refractivity contribution is 7.21. The van der Waals surface area contributed by atoms with E-state index in [1.54, 1.807) is 11.3 Å². The highest BCUT2D eigenvalue weighted by Crippen LogP contribution is 2.30. The number of carbonyl (C=O) groups is 1. The number of halogens is 1. The minimum absolute atomic E-state index is 0.302. The summed E-state index contributed by atoms with van der Waals surface area (Å²) < 4.78 is 13.9. The predicted octanol–water partition coefficient (Wildman–Crippen LogP) is 4.75. The molecule has 0 bridgehead atoms. The molecule has 4 aromatic rings. The number of amides is 1. The number of carbonyl (C=O) groups excluding carboxylic acids is 1. The quantitative estimate of drug-likeness (QED) is 0.543. The molecule has 4 nitrogen and oxygen atoms in total. The Balaban J connectivity index is 1.53. The van der Waals surface area contributed by atoms with E-state index in [-0.39, 0.29) is 5.91 Å². The number of anilines is 1. The largest absolute Gasteiger partial charge is 0.322 e. The van der Waals surface area contributed by atoms with Crippen LogP contribution in [0.5, 0.6) is 0 Å². The average Bonchev–Trinajstić information content (AvgIpc) is 3.07. The Morgan fingerprint density at radius 2 is 1.80 bits per heavy atom. The second kappa shape index (κ2) is 6.41. The van der Waals surface area contributed by atoms with Crippen LogP contribution in [0.2, 0.25) is 0 Å². The first-order valence-electron chi connectivity index (χ1n) is 7.58. The molecule has 0 spiro atoms. The van der Waals surface area contributed by atoms with E-state index in [1.165, 1.54) is 12.3 Å². The SMILES string of the molecule is O=C(Nc1ccc(-c2nc3ccccc3s2)cc1)c1ccc(F)nc1. The van der Waals surface area contributed by atoms with Crippen molar-refractivity contribution in [1.82, 2.24) is 9.97 Å². The van der Waals surface area contributed by atoms with E-state index in [1.807, 2.05) is 48.5 Å². The number of fused-ring (bicyclic) bond motifs is 1. The van der Waals surface area contributed by atoms with Gasteiger partial charge < -0.3 is 5.32 Å². The zero-order valence-corrected chi connectivity index (χ0v) is 13.8. The third kappa shape index (κ3) is 3.25. The molecule has 0 saturated heterocycles. The maximum absolute atomic E-state index is 12.8. The van der Waals surface area contributed by atoms with Crippen LogP contribution in [-0.4, -0.2) is 15.9 Å². The van der Waals surface area contributed by atoms with E-state index in [0.29, 0.717) is 11.3 Å². The standard InChI is InChI=1S/C19H12FN3OS/c20-17-10-7-13(11-21-17)18(24)22-14-8-5-12(6-9-14)19-23-15-3-1-2-4-16(15)25-19/h1-11H,(H,22,24). The van der Waals surface area contributed by atoms with Gasteiger partial charge in [-0.25, -0.2) is 9.97 Å². The Labute approximate surface area is 147 Å². The zero-order chi connectivity index (χ0) is 17.2. The Kier molecular flexibility index (Phi) is 3.95. The van der Waals surface area contributed by atoms with Crippen molar-refractivity contribution in [3.63, 3.8) is 0 Å². The number of para-hydroxylation sites is 1. The van der Waals surface area contributed by atoms with Crippen molar-refractivity contribution in [3.8, 4) is 10.6 Å². The zero-order valence-electron chi connectivity index (χ0n) is 12.9. The van der Waals surface area contributed by atoms with Gasteiger partial charge in [0.05, 0.1) is 15.8 Å². The van der Waals surface area contributed by atoms with Crippen LogP contribution in [0.4, 0.5) is 10.1 Å². The fraction of sp³-hybridized carbons (Fsp3) is 0. The fourth-order valence-corrected chi connectivity index (χ4v) is 3.38. The minimum atomic E-state index is -0.614. The maximum Gasteiger partial charge on any atom is 0.257 e. The van der Waals surface area contributed by atoms with Crippen LogP contribution in [0.1, 0.15) is 10.4 Å². The van der Waals surface area contributed by atoms with Gasteiger partial charge in [-0.2, -0.15) is 4.39 Å². The summed E-state index contributed by atoms with van der Waals surface area (Å²) in [6, 6.07) is 18.0. The molecule has 25 heavy (non-hydrogen) atoms. The monoisotopic (exact) mass is 349 g/mol. The van der Waals surface area contributed by atoms with Crippen LogP contribution in [0.15, 0.2) is 66.9 Å². The van der Waals surface area contributed by atoms with E-state index in [2.05, 4.69) is 15.3 Å². The molecule has 0 aliphatic rings. The van der Waals surface area contributed by atoms with Gasteiger partial charge in [-0.1, -0.05) is 12.1 Å². The van der Waals surface area contributed by atoms with Crippen molar-refractivity contribution in [2.45, 2.75) is 0 Å². The van der Waals surface area contributed by atoms with Crippen LogP contribution < -0.4 is 5.32 Å². The first-order chi connectivity index (χ1) is 12.2. The number of nitrogens with zero attached hydrogens (tertiary/aromatic N) is 2. The Bertz CT molecular complexity index is 1010. The number of hydrogen-bond donors (Lipinski definition) is 1. The lowest BCUT2D eigenvalue weighted by Gasteiger charge is -2.05. The number of rotatable bonds is 3. The predicted molar refractivity (Wildman–Crippen MR) is 97.2 cm³/mol. The van der Waals surface area contributed by atoms with Crippen molar-refractivity contribution >= 4 is 33.1 Å². The van der Waals surface area contributed by atoms with E-state index < -0.39 is 5.95 Å². The van der Waals surface area contributed by atoms with Gasteiger partial charge in [-0.15, -0.1) is 11.3 Å². The molecule has 2 aromatic heterocycles. The van der Waals surface area contributed by atoms with Crippen molar-refractivity contribution in [2.24, 2.45) is 0 Å². The van der Waals surface area contributed by atoms with Crippen molar-refractivity contribution in [2.75, 3.05) is 5.32 Å². The molecule has 2 heterocycles. The van der Waals surface area contributed by atoms with Crippen molar-refractivity contribution in [1.29, 1.82) is 0 Å². The molecule has 0 radical (unpaired) electrons. The van der Waals surface area contributed by atoms with Crippen molar-refractivity contribution < 1.29 is 9.18 Å². The first-order valence-corrected chi connectivity index (χ1v) is 8.39. The van der Waals surface area contributed by atoms with E-state index in [4.69, 9.17) is 0 Å². The topological polar surface area (TPSA) is 54.9 Å². The number of thiazole rings is 1. The number of nitrogens with one attached hydrogen (secondary N) is 1. The van der Waals surface area contributed by atoms with Gasteiger partial charge in [0, 0.05) is 17.4 Å². The number of hydrogen-bond acceptors (Lipinski definition) is 4. The lowest BCUT2D eigenvalue weighted by Crippen LogP contribution is -2.12. The summed E-state index contributed by atoms with van der Waals surface area (Å²) in [5, 5.41) is 3.70. The van der Waals surface area contributed by atoms with Crippen LogP contribution in [0.25, 0.3) is 20.8 Å². The van der Waals surface area contributed by atoms with Crippen LogP contribution in [0.3, 0.4) is 0 Å². The Morgan fingerprint density at radius 3 is 2.52 bits per heavy atom. The van der Waals surface area contributed by atoms with Gasteiger partial charge in [-0.3, -0.25) is 4.79 Å². The highest BCUT2D eigenvalue weighted by atomic mass is 32.1. The van der Waals surface area contributed by atoms with Crippen molar-refractivity contribution in [3.05, 3.63) is 78.4 Å². The van der Waals surface area contributed by atoms with Gasteiger partial charge in [0.1, 0.15) is 5.01 Å². The molecule has 6 heteroatoms. The molecule has 1 amide bonds. The molecular formula is C19H12FN3OS. The second-order valence-corrected chi connectivity index (χ2v) is 6.42.